The van der Waals surface area contributed by atoms with Crippen LogP contribution in [-0.4, -0.2) is 22.7 Å². The molecule has 0 aliphatic rings. The molecule has 1 atom stereocenters. The number of halogens is 1. The van der Waals surface area contributed by atoms with E-state index in [9.17, 15) is 0 Å². The van der Waals surface area contributed by atoms with Crippen LogP contribution in [-0.2, 0) is 6.54 Å². The molecule has 4 heteroatoms. The van der Waals surface area contributed by atoms with Gasteiger partial charge in [-0.1, -0.05) is 36.7 Å². The highest BCUT2D eigenvalue weighted by molar-refractivity contribution is 6.36. The number of nitrogens with one attached hydrogen (secondary N) is 2. The molecule has 2 aromatic rings. The maximum atomic E-state index is 9.11. The van der Waals surface area contributed by atoms with Crippen molar-refractivity contribution in [2.24, 2.45) is 0 Å². The predicted octanol–water partition coefficient (Wildman–Crippen LogP) is 2.68. The van der Waals surface area contributed by atoms with E-state index in [-0.39, 0.29) is 12.6 Å². The summed E-state index contributed by atoms with van der Waals surface area (Å²) in [5, 5.41) is 14.2. The van der Waals surface area contributed by atoms with Gasteiger partial charge in [-0.25, -0.2) is 0 Å². The summed E-state index contributed by atoms with van der Waals surface area (Å²) in [7, 11) is 0. The first kappa shape index (κ1) is 12.4. The van der Waals surface area contributed by atoms with Crippen LogP contribution < -0.4 is 5.32 Å². The average molecular weight is 253 g/mol. The Morgan fingerprint density at radius 2 is 2.18 bits per heavy atom. The Labute approximate surface area is 106 Å². The average Bonchev–Trinajstić information content (AvgIpc) is 2.68. The molecule has 0 saturated carbocycles. The van der Waals surface area contributed by atoms with E-state index in [4.69, 9.17) is 16.7 Å². The van der Waals surface area contributed by atoms with E-state index in [2.05, 4.69) is 10.3 Å². The summed E-state index contributed by atoms with van der Waals surface area (Å²) in [6.45, 7) is 2.83. The lowest BCUT2D eigenvalue weighted by molar-refractivity contribution is 0.238. The van der Waals surface area contributed by atoms with Gasteiger partial charge < -0.3 is 15.4 Å². The van der Waals surface area contributed by atoms with Crippen LogP contribution in [0, 0.1) is 0 Å². The molecule has 2 rings (SSSR count). The first-order valence-electron chi connectivity index (χ1n) is 5.85. The first-order chi connectivity index (χ1) is 8.26. The fourth-order valence-electron chi connectivity index (χ4n) is 1.87. The largest absolute Gasteiger partial charge is 0.395 e. The summed E-state index contributed by atoms with van der Waals surface area (Å²) in [6.07, 6.45) is 0.897. The van der Waals surface area contributed by atoms with Crippen LogP contribution in [0.1, 0.15) is 19.0 Å². The van der Waals surface area contributed by atoms with E-state index in [0.717, 1.165) is 28.0 Å². The zero-order chi connectivity index (χ0) is 12.3. The Balaban J connectivity index is 2.16. The van der Waals surface area contributed by atoms with Crippen LogP contribution in [0.4, 0.5) is 0 Å². The molecular formula is C13H17ClN2O. The minimum Gasteiger partial charge on any atom is -0.395 e. The lowest BCUT2D eigenvalue weighted by Gasteiger charge is -2.13. The van der Waals surface area contributed by atoms with Crippen molar-refractivity contribution >= 4 is 22.5 Å². The number of benzene rings is 1. The monoisotopic (exact) mass is 252 g/mol. The van der Waals surface area contributed by atoms with Crippen LogP contribution in [0.25, 0.3) is 10.9 Å². The lowest BCUT2D eigenvalue weighted by Crippen LogP contribution is -2.31. The van der Waals surface area contributed by atoms with Crippen molar-refractivity contribution in [1.82, 2.24) is 10.3 Å². The van der Waals surface area contributed by atoms with Crippen LogP contribution in [0.2, 0.25) is 5.02 Å². The molecule has 0 amide bonds. The third kappa shape index (κ3) is 2.63. The van der Waals surface area contributed by atoms with Gasteiger partial charge in [0.2, 0.25) is 0 Å². The van der Waals surface area contributed by atoms with E-state index in [1.807, 2.05) is 31.2 Å². The molecule has 0 unspecified atom stereocenters. The molecule has 3 nitrogen and oxygen atoms in total. The van der Waals surface area contributed by atoms with Gasteiger partial charge in [-0.2, -0.15) is 0 Å². The maximum Gasteiger partial charge on any atom is 0.0705 e. The number of aromatic amines is 1. The van der Waals surface area contributed by atoms with Crippen molar-refractivity contribution in [3.05, 3.63) is 35.0 Å². The molecule has 0 bridgehead atoms. The van der Waals surface area contributed by atoms with E-state index >= 15 is 0 Å². The summed E-state index contributed by atoms with van der Waals surface area (Å²) >= 11 is 6.29. The van der Waals surface area contributed by atoms with Crippen molar-refractivity contribution in [2.75, 3.05) is 6.61 Å². The van der Waals surface area contributed by atoms with Gasteiger partial charge in [-0.3, -0.25) is 0 Å². The van der Waals surface area contributed by atoms with Crippen LogP contribution >= 0.6 is 11.6 Å². The molecule has 0 fully saturated rings. The Morgan fingerprint density at radius 1 is 1.41 bits per heavy atom. The lowest BCUT2D eigenvalue weighted by atomic mass is 10.2. The zero-order valence-corrected chi connectivity index (χ0v) is 10.6. The topological polar surface area (TPSA) is 48.0 Å². The van der Waals surface area contributed by atoms with Crippen molar-refractivity contribution < 1.29 is 5.11 Å². The van der Waals surface area contributed by atoms with Gasteiger partial charge in [0, 0.05) is 29.2 Å². The van der Waals surface area contributed by atoms with Gasteiger partial charge >= 0.3 is 0 Å². The third-order valence-corrected chi connectivity index (χ3v) is 3.43. The minimum absolute atomic E-state index is 0.123. The van der Waals surface area contributed by atoms with Crippen LogP contribution in [0.15, 0.2) is 24.3 Å². The summed E-state index contributed by atoms with van der Waals surface area (Å²) in [5.74, 6) is 0. The number of aromatic nitrogens is 1. The number of aliphatic hydroxyl groups excluding tert-OH is 1. The second-order valence-corrected chi connectivity index (χ2v) is 4.51. The molecule has 1 heterocycles. The highest BCUT2D eigenvalue weighted by Gasteiger charge is 2.10. The Morgan fingerprint density at radius 3 is 2.82 bits per heavy atom. The number of hydrogen-bond donors (Lipinski definition) is 3. The number of hydrogen-bond acceptors (Lipinski definition) is 2. The molecule has 0 aliphatic heterocycles. The second kappa shape index (κ2) is 5.54. The number of aliphatic hydroxyl groups is 1. The molecule has 92 valence electrons. The molecule has 3 N–H and O–H groups in total. The molecular weight excluding hydrogens is 236 g/mol. The Kier molecular flexibility index (Phi) is 4.05. The van der Waals surface area contributed by atoms with Crippen LogP contribution in [0.3, 0.4) is 0 Å². The molecule has 17 heavy (non-hydrogen) atoms. The smallest absolute Gasteiger partial charge is 0.0705 e. The zero-order valence-electron chi connectivity index (χ0n) is 9.83. The van der Waals surface area contributed by atoms with Crippen molar-refractivity contribution in [3.63, 3.8) is 0 Å². The van der Waals surface area contributed by atoms with Gasteiger partial charge in [0.15, 0.2) is 0 Å². The van der Waals surface area contributed by atoms with Gasteiger partial charge in [-0.05, 0) is 12.5 Å². The number of H-pyrrole nitrogens is 1. The molecule has 1 aromatic carbocycles. The van der Waals surface area contributed by atoms with E-state index in [1.165, 1.54) is 0 Å². The highest BCUT2D eigenvalue weighted by atomic mass is 35.5. The summed E-state index contributed by atoms with van der Waals surface area (Å²) < 4.78 is 0. The molecule has 0 saturated heterocycles. The number of rotatable bonds is 5. The molecule has 1 aromatic heterocycles. The number of fused-ring (bicyclic) bond motifs is 1. The van der Waals surface area contributed by atoms with Crippen molar-refractivity contribution in [1.29, 1.82) is 0 Å². The van der Waals surface area contributed by atoms with Gasteiger partial charge in [0.05, 0.1) is 11.6 Å². The molecule has 0 aliphatic carbocycles. The first-order valence-corrected chi connectivity index (χ1v) is 6.23. The molecule has 0 radical (unpaired) electrons. The second-order valence-electron chi connectivity index (χ2n) is 4.13. The predicted molar refractivity (Wildman–Crippen MR) is 71.3 cm³/mol. The SMILES string of the molecule is CC[C@@H](CO)NCc1[nH]c2ccccc2c1Cl. The van der Waals surface area contributed by atoms with Gasteiger partial charge in [0.25, 0.3) is 0 Å². The van der Waals surface area contributed by atoms with E-state index < -0.39 is 0 Å². The fraction of sp³-hybridized carbons (Fsp3) is 0.385. The summed E-state index contributed by atoms with van der Waals surface area (Å²) in [6, 6.07) is 8.09. The minimum atomic E-state index is 0.123. The van der Waals surface area contributed by atoms with Gasteiger partial charge in [0.1, 0.15) is 0 Å². The standard InChI is InChI=1S/C13H17ClN2O/c1-2-9(8-17)15-7-12-13(14)10-5-3-4-6-11(10)16-12/h3-6,9,15-17H,2,7-8H2,1H3/t9-/m0/s1. The van der Waals surface area contributed by atoms with Gasteiger partial charge in [-0.15, -0.1) is 0 Å². The quantitative estimate of drug-likeness (QED) is 0.766. The number of para-hydroxylation sites is 1. The maximum absolute atomic E-state index is 9.11. The highest BCUT2D eigenvalue weighted by Crippen LogP contribution is 2.26. The van der Waals surface area contributed by atoms with Crippen molar-refractivity contribution in [2.45, 2.75) is 25.9 Å². The Bertz CT molecular complexity index is 491. The third-order valence-electron chi connectivity index (χ3n) is 2.99. The summed E-state index contributed by atoms with van der Waals surface area (Å²) in [4.78, 5) is 3.29. The normalized spacial score (nSPS) is 13.1. The van der Waals surface area contributed by atoms with Crippen molar-refractivity contribution in [3.8, 4) is 0 Å². The Hall–Kier alpha value is -1.03. The van der Waals surface area contributed by atoms with E-state index in [1.54, 1.807) is 0 Å². The van der Waals surface area contributed by atoms with E-state index in [0.29, 0.717) is 6.54 Å². The molecule has 0 spiro atoms. The fourth-order valence-corrected chi connectivity index (χ4v) is 2.15. The van der Waals surface area contributed by atoms with Crippen LogP contribution in [0.5, 0.6) is 0 Å². The summed E-state index contributed by atoms with van der Waals surface area (Å²) in [5.41, 5.74) is 2.02.